The Bertz CT molecular complexity index is 387. The van der Waals surface area contributed by atoms with Crippen LogP contribution >= 0.6 is 0 Å². The zero-order valence-electron chi connectivity index (χ0n) is 11.9. The van der Waals surface area contributed by atoms with E-state index in [0.717, 1.165) is 5.56 Å². The van der Waals surface area contributed by atoms with Crippen molar-refractivity contribution in [1.82, 2.24) is 5.32 Å². The molecule has 1 aromatic rings. The Labute approximate surface area is 110 Å². The highest BCUT2D eigenvalue weighted by atomic mass is 16.3. The Morgan fingerprint density at radius 3 is 2.17 bits per heavy atom. The minimum Gasteiger partial charge on any atom is -0.387 e. The van der Waals surface area contributed by atoms with Gasteiger partial charge in [-0.3, -0.25) is 0 Å². The minimum atomic E-state index is -0.417. The summed E-state index contributed by atoms with van der Waals surface area (Å²) in [6, 6.07) is 9.11. The van der Waals surface area contributed by atoms with Gasteiger partial charge in [0.2, 0.25) is 0 Å². The predicted octanol–water partition coefficient (Wildman–Crippen LogP) is 3.16. The van der Waals surface area contributed by atoms with Gasteiger partial charge in [0.15, 0.2) is 0 Å². The Hall–Kier alpha value is -0.860. The second kappa shape index (κ2) is 5.02. The highest BCUT2D eigenvalue weighted by Crippen LogP contribution is 2.26. The molecule has 1 saturated carbocycles. The fourth-order valence-electron chi connectivity index (χ4n) is 2.18. The van der Waals surface area contributed by atoms with Crippen molar-refractivity contribution in [2.24, 2.45) is 0 Å². The molecule has 1 aliphatic carbocycles. The molecule has 1 fully saturated rings. The first-order chi connectivity index (χ1) is 8.38. The summed E-state index contributed by atoms with van der Waals surface area (Å²) in [6.07, 6.45) is 2.08. The van der Waals surface area contributed by atoms with Crippen molar-refractivity contribution in [3.05, 3.63) is 35.4 Å². The normalized spacial score (nSPS) is 19.6. The van der Waals surface area contributed by atoms with Crippen molar-refractivity contribution in [1.29, 1.82) is 0 Å². The lowest BCUT2D eigenvalue weighted by atomic mass is 9.86. The van der Waals surface area contributed by atoms with Crippen LogP contribution in [0.2, 0.25) is 0 Å². The molecule has 2 N–H and O–H groups in total. The van der Waals surface area contributed by atoms with Crippen molar-refractivity contribution >= 4 is 0 Å². The van der Waals surface area contributed by atoms with Gasteiger partial charge in [0.25, 0.3) is 0 Å². The van der Waals surface area contributed by atoms with E-state index in [1.54, 1.807) is 0 Å². The fraction of sp³-hybridized carbons (Fsp3) is 0.625. The monoisotopic (exact) mass is 247 g/mol. The van der Waals surface area contributed by atoms with Crippen LogP contribution in [0.3, 0.4) is 0 Å². The molecule has 2 nitrogen and oxygen atoms in total. The Morgan fingerprint density at radius 2 is 1.72 bits per heavy atom. The van der Waals surface area contributed by atoms with Crippen LogP contribution in [0.1, 0.15) is 57.8 Å². The van der Waals surface area contributed by atoms with E-state index in [2.05, 4.69) is 57.3 Å². The van der Waals surface area contributed by atoms with Crippen LogP contribution in [-0.2, 0) is 5.41 Å². The maximum atomic E-state index is 10.3. The zero-order chi connectivity index (χ0) is 13.3. The minimum absolute atomic E-state index is 0.123. The lowest BCUT2D eigenvalue weighted by molar-refractivity contribution is 0.135. The van der Waals surface area contributed by atoms with Crippen LogP contribution in [0.5, 0.6) is 0 Å². The van der Waals surface area contributed by atoms with Crippen LogP contribution in [0.25, 0.3) is 0 Å². The first-order valence-electron chi connectivity index (χ1n) is 6.92. The molecular formula is C16H25NO. The summed E-state index contributed by atoms with van der Waals surface area (Å²) < 4.78 is 0. The molecule has 0 bridgehead atoms. The zero-order valence-corrected chi connectivity index (χ0v) is 11.9. The van der Waals surface area contributed by atoms with Crippen LogP contribution in [-0.4, -0.2) is 17.2 Å². The van der Waals surface area contributed by atoms with E-state index in [0.29, 0.717) is 6.04 Å². The maximum absolute atomic E-state index is 10.3. The molecule has 1 aliphatic rings. The molecule has 2 unspecified atom stereocenters. The molecular weight excluding hydrogens is 222 g/mol. The number of nitrogens with one attached hydrogen (secondary N) is 1. The van der Waals surface area contributed by atoms with Crippen molar-refractivity contribution < 1.29 is 5.11 Å². The molecule has 0 saturated heterocycles. The standard InChI is InChI=1S/C16H25NO/c1-11(17-14-9-10-14)15(18)12-5-7-13(8-6-12)16(2,3)4/h5-8,11,14-15,17-18H,9-10H2,1-4H3. The highest BCUT2D eigenvalue weighted by molar-refractivity contribution is 5.29. The van der Waals surface area contributed by atoms with Gasteiger partial charge in [0.05, 0.1) is 6.10 Å². The van der Waals surface area contributed by atoms with Gasteiger partial charge in [-0.1, -0.05) is 45.0 Å². The lowest BCUT2D eigenvalue weighted by Gasteiger charge is -2.23. The second-order valence-corrected chi connectivity index (χ2v) is 6.55. The van der Waals surface area contributed by atoms with Crippen molar-refractivity contribution in [3.8, 4) is 0 Å². The van der Waals surface area contributed by atoms with Gasteiger partial charge in [-0.15, -0.1) is 0 Å². The topological polar surface area (TPSA) is 32.3 Å². The predicted molar refractivity (Wildman–Crippen MR) is 75.7 cm³/mol. The number of aliphatic hydroxyl groups is 1. The molecule has 0 aromatic heterocycles. The van der Waals surface area contributed by atoms with Gasteiger partial charge in [-0.2, -0.15) is 0 Å². The molecule has 18 heavy (non-hydrogen) atoms. The molecule has 100 valence electrons. The number of aliphatic hydroxyl groups excluding tert-OH is 1. The first-order valence-corrected chi connectivity index (χ1v) is 6.92. The van der Waals surface area contributed by atoms with Gasteiger partial charge in [0, 0.05) is 12.1 Å². The third kappa shape index (κ3) is 3.33. The van der Waals surface area contributed by atoms with Gasteiger partial charge >= 0.3 is 0 Å². The van der Waals surface area contributed by atoms with E-state index in [1.807, 2.05) is 0 Å². The Morgan fingerprint density at radius 1 is 1.17 bits per heavy atom. The molecule has 2 rings (SSSR count). The Kier molecular flexibility index (Phi) is 3.79. The smallest absolute Gasteiger partial charge is 0.0940 e. The summed E-state index contributed by atoms with van der Waals surface area (Å²) in [5.74, 6) is 0. The van der Waals surface area contributed by atoms with Crippen molar-refractivity contribution in [2.75, 3.05) is 0 Å². The van der Waals surface area contributed by atoms with E-state index in [1.165, 1.54) is 18.4 Å². The van der Waals surface area contributed by atoms with Crippen LogP contribution in [0.15, 0.2) is 24.3 Å². The van der Waals surface area contributed by atoms with Gasteiger partial charge in [0.1, 0.15) is 0 Å². The molecule has 0 heterocycles. The third-order valence-corrected chi connectivity index (χ3v) is 3.67. The molecule has 2 atom stereocenters. The summed E-state index contributed by atoms with van der Waals surface area (Å²) in [5.41, 5.74) is 2.48. The summed E-state index contributed by atoms with van der Waals surface area (Å²) in [4.78, 5) is 0. The van der Waals surface area contributed by atoms with Crippen LogP contribution in [0, 0.1) is 0 Å². The summed E-state index contributed by atoms with van der Waals surface area (Å²) in [7, 11) is 0. The highest BCUT2D eigenvalue weighted by Gasteiger charge is 2.26. The fourth-order valence-corrected chi connectivity index (χ4v) is 2.18. The number of hydrogen-bond acceptors (Lipinski definition) is 2. The van der Waals surface area contributed by atoms with E-state index in [4.69, 9.17) is 0 Å². The van der Waals surface area contributed by atoms with E-state index >= 15 is 0 Å². The van der Waals surface area contributed by atoms with E-state index in [-0.39, 0.29) is 11.5 Å². The number of benzene rings is 1. The number of rotatable bonds is 4. The molecule has 0 aliphatic heterocycles. The first kappa shape index (κ1) is 13.6. The lowest BCUT2D eigenvalue weighted by Crippen LogP contribution is -2.33. The van der Waals surface area contributed by atoms with Crippen molar-refractivity contribution in [3.63, 3.8) is 0 Å². The summed E-state index contributed by atoms with van der Waals surface area (Å²) in [5, 5.41) is 13.7. The Balaban J connectivity index is 2.03. The average Bonchev–Trinajstić information content (AvgIpc) is 3.11. The number of hydrogen-bond donors (Lipinski definition) is 2. The average molecular weight is 247 g/mol. The molecule has 0 amide bonds. The van der Waals surface area contributed by atoms with Gasteiger partial charge in [-0.05, 0) is 36.3 Å². The second-order valence-electron chi connectivity index (χ2n) is 6.55. The van der Waals surface area contributed by atoms with E-state index in [9.17, 15) is 5.11 Å². The largest absolute Gasteiger partial charge is 0.387 e. The summed E-state index contributed by atoms with van der Waals surface area (Å²) in [6.45, 7) is 8.67. The molecule has 2 heteroatoms. The third-order valence-electron chi connectivity index (χ3n) is 3.67. The SMILES string of the molecule is CC(NC1CC1)C(O)c1ccc(C(C)(C)C)cc1. The quantitative estimate of drug-likeness (QED) is 0.856. The van der Waals surface area contributed by atoms with Gasteiger partial charge in [-0.25, -0.2) is 0 Å². The van der Waals surface area contributed by atoms with Crippen molar-refractivity contribution in [2.45, 2.75) is 64.1 Å². The molecule has 0 radical (unpaired) electrons. The molecule has 0 spiro atoms. The molecule has 1 aromatic carbocycles. The van der Waals surface area contributed by atoms with Gasteiger partial charge < -0.3 is 10.4 Å². The summed E-state index contributed by atoms with van der Waals surface area (Å²) >= 11 is 0. The maximum Gasteiger partial charge on any atom is 0.0940 e. The van der Waals surface area contributed by atoms with E-state index < -0.39 is 6.10 Å². The van der Waals surface area contributed by atoms with Crippen LogP contribution in [0.4, 0.5) is 0 Å². The van der Waals surface area contributed by atoms with Crippen LogP contribution < -0.4 is 5.32 Å².